The predicted molar refractivity (Wildman–Crippen MR) is 58.0 cm³/mol. The second-order valence-electron chi connectivity index (χ2n) is 4.38. The van der Waals surface area contributed by atoms with Crippen LogP contribution < -0.4 is 5.73 Å². The topological polar surface area (TPSA) is 26.0 Å². The van der Waals surface area contributed by atoms with Gasteiger partial charge in [-0.15, -0.1) is 0 Å². The largest absolute Gasteiger partial charge is 0.416 e. The maximum Gasteiger partial charge on any atom is 0.416 e. The van der Waals surface area contributed by atoms with Crippen molar-refractivity contribution in [3.8, 4) is 0 Å². The zero-order chi connectivity index (χ0) is 12.4. The van der Waals surface area contributed by atoms with Gasteiger partial charge in [0, 0.05) is 5.54 Å². The van der Waals surface area contributed by atoms with Crippen LogP contribution in [0.2, 0.25) is 0 Å². The van der Waals surface area contributed by atoms with E-state index in [1.54, 1.807) is 0 Å². The van der Waals surface area contributed by atoms with Crippen LogP contribution in [0.25, 0.3) is 0 Å². The van der Waals surface area contributed by atoms with Gasteiger partial charge in [0.2, 0.25) is 0 Å². The first kappa shape index (κ1) is 13.0. The first-order valence-electron chi connectivity index (χ1n) is 5.19. The highest BCUT2D eigenvalue weighted by Gasteiger charge is 2.30. The molecule has 0 spiro atoms. The summed E-state index contributed by atoms with van der Waals surface area (Å²) in [4.78, 5) is 0. The van der Waals surface area contributed by atoms with Crippen LogP contribution in [0.5, 0.6) is 0 Å². The molecule has 0 aliphatic heterocycles. The summed E-state index contributed by atoms with van der Waals surface area (Å²) in [7, 11) is 0. The average Bonchev–Trinajstić information content (AvgIpc) is 2.16. The molecule has 2 N–H and O–H groups in total. The molecule has 1 rings (SSSR count). The van der Waals surface area contributed by atoms with E-state index in [9.17, 15) is 13.2 Å². The Labute approximate surface area is 93.5 Å². The molecule has 1 aromatic rings. The fraction of sp³-hybridized carbons (Fsp3) is 0.500. The highest BCUT2D eigenvalue weighted by Crippen LogP contribution is 2.29. The maximum atomic E-state index is 12.3. The van der Waals surface area contributed by atoms with Gasteiger partial charge in [-0.25, -0.2) is 0 Å². The molecule has 0 aliphatic carbocycles. The van der Waals surface area contributed by atoms with Gasteiger partial charge in [-0.1, -0.05) is 19.1 Å². The zero-order valence-electron chi connectivity index (χ0n) is 9.43. The van der Waals surface area contributed by atoms with E-state index in [-0.39, 0.29) is 5.54 Å². The van der Waals surface area contributed by atoms with E-state index in [0.29, 0.717) is 6.42 Å². The lowest BCUT2D eigenvalue weighted by Crippen LogP contribution is -2.37. The van der Waals surface area contributed by atoms with E-state index < -0.39 is 11.7 Å². The SMILES string of the molecule is CCC(C)(N)Cc1ccc(C(F)(F)F)cc1. The van der Waals surface area contributed by atoms with Gasteiger partial charge in [0.15, 0.2) is 0 Å². The van der Waals surface area contributed by atoms with Crippen molar-refractivity contribution in [2.75, 3.05) is 0 Å². The Hall–Kier alpha value is -1.03. The molecule has 1 aromatic carbocycles. The predicted octanol–water partition coefficient (Wildman–Crippen LogP) is 3.38. The molecule has 0 amide bonds. The van der Waals surface area contributed by atoms with Gasteiger partial charge >= 0.3 is 6.18 Å². The van der Waals surface area contributed by atoms with E-state index in [1.807, 2.05) is 13.8 Å². The Morgan fingerprint density at radius 2 is 1.62 bits per heavy atom. The van der Waals surface area contributed by atoms with E-state index in [0.717, 1.165) is 24.1 Å². The first-order valence-corrected chi connectivity index (χ1v) is 5.19. The molecule has 1 nitrogen and oxygen atoms in total. The minimum absolute atomic E-state index is 0.361. The second kappa shape index (κ2) is 4.45. The van der Waals surface area contributed by atoms with Gasteiger partial charge in [0.25, 0.3) is 0 Å². The molecule has 16 heavy (non-hydrogen) atoms. The van der Waals surface area contributed by atoms with Crippen molar-refractivity contribution < 1.29 is 13.2 Å². The summed E-state index contributed by atoms with van der Waals surface area (Å²) in [5, 5.41) is 0. The van der Waals surface area contributed by atoms with Crippen LogP contribution in [0, 0.1) is 0 Å². The lowest BCUT2D eigenvalue weighted by Gasteiger charge is -2.22. The second-order valence-corrected chi connectivity index (χ2v) is 4.38. The van der Waals surface area contributed by atoms with Gasteiger partial charge in [-0.2, -0.15) is 13.2 Å². The van der Waals surface area contributed by atoms with Crippen molar-refractivity contribution in [1.82, 2.24) is 0 Å². The van der Waals surface area contributed by atoms with Crippen molar-refractivity contribution in [3.63, 3.8) is 0 Å². The summed E-state index contributed by atoms with van der Waals surface area (Å²) < 4.78 is 36.9. The lowest BCUT2D eigenvalue weighted by atomic mass is 9.91. The third-order valence-corrected chi connectivity index (χ3v) is 2.70. The minimum Gasteiger partial charge on any atom is -0.325 e. The molecule has 0 saturated heterocycles. The number of hydrogen-bond acceptors (Lipinski definition) is 1. The molecule has 0 radical (unpaired) electrons. The summed E-state index contributed by atoms with van der Waals surface area (Å²) in [5.74, 6) is 0. The molecular formula is C12H16F3N. The summed E-state index contributed by atoms with van der Waals surface area (Å²) in [6, 6.07) is 5.18. The van der Waals surface area contributed by atoms with Crippen LogP contribution in [0.1, 0.15) is 31.4 Å². The van der Waals surface area contributed by atoms with Crippen molar-refractivity contribution in [3.05, 3.63) is 35.4 Å². The molecule has 1 unspecified atom stereocenters. The highest BCUT2D eigenvalue weighted by atomic mass is 19.4. The molecular weight excluding hydrogens is 215 g/mol. The summed E-state index contributed by atoms with van der Waals surface area (Å²) in [6.07, 6.45) is -2.90. The van der Waals surface area contributed by atoms with Crippen LogP contribution in [0.4, 0.5) is 13.2 Å². The third kappa shape index (κ3) is 3.52. The Bertz CT molecular complexity index is 338. The molecule has 0 aliphatic rings. The van der Waals surface area contributed by atoms with Crippen molar-refractivity contribution in [2.24, 2.45) is 5.73 Å². The van der Waals surface area contributed by atoms with Crippen molar-refractivity contribution in [2.45, 2.75) is 38.4 Å². The number of benzene rings is 1. The summed E-state index contributed by atoms with van der Waals surface area (Å²) >= 11 is 0. The molecule has 1 atom stereocenters. The van der Waals surface area contributed by atoms with Crippen LogP contribution >= 0.6 is 0 Å². The maximum absolute atomic E-state index is 12.3. The number of halogens is 3. The van der Waals surface area contributed by atoms with E-state index in [1.165, 1.54) is 12.1 Å². The summed E-state index contributed by atoms with van der Waals surface area (Å²) in [5.41, 5.74) is 5.80. The normalized spacial score (nSPS) is 15.9. The van der Waals surface area contributed by atoms with Gasteiger partial charge in [-0.05, 0) is 37.5 Å². The summed E-state index contributed by atoms with van der Waals surface area (Å²) in [6.45, 7) is 3.86. The quantitative estimate of drug-likeness (QED) is 0.848. The van der Waals surface area contributed by atoms with Crippen molar-refractivity contribution in [1.29, 1.82) is 0 Å². The van der Waals surface area contributed by atoms with Crippen LogP contribution in [-0.4, -0.2) is 5.54 Å². The fourth-order valence-corrected chi connectivity index (χ4v) is 1.40. The van der Waals surface area contributed by atoms with Crippen molar-refractivity contribution >= 4 is 0 Å². The molecule has 0 bridgehead atoms. The number of nitrogens with two attached hydrogens (primary N) is 1. The van der Waals surface area contributed by atoms with E-state index in [2.05, 4.69) is 0 Å². The molecule has 0 aromatic heterocycles. The molecule has 0 fully saturated rings. The van der Waals surface area contributed by atoms with Gasteiger partial charge in [0.05, 0.1) is 5.56 Å². The Balaban J connectivity index is 2.80. The Kier molecular flexibility index (Phi) is 3.63. The smallest absolute Gasteiger partial charge is 0.325 e. The first-order chi connectivity index (χ1) is 7.24. The standard InChI is InChI=1S/C12H16F3N/c1-3-11(2,16)8-9-4-6-10(7-5-9)12(13,14)15/h4-7H,3,8,16H2,1-2H3. The lowest BCUT2D eigenvalue weighted by molar-refractivity contribution is -0.137. The third-order valence-electron chi connectivity index (χ3n) is 2.70. The molecule has 0 heterocycles. The van der Waals surface area contributed by atoms with Crippen LogP contribution in [0.15, 0.2) is 24.3 Å². The Morgan fingerprint density at radius 3 is 2.00 bits per heavy atom. The number of hydrogen-bond donors (Lipinski definition) is 1. The number of alkyl halides is 3. The van der Waals surface area contributed by atoms with Gasteiger partial charge in [0.1, 0.15) is 0 Å². The number of rotatable bonds is 3. The van der Waals surface area contributed by atoms with E-state index >= 15 is 0 Å². The minimum atomic E-state index is -4.27. The molecule has 90 valence electrons. The van der Waals surface area contributed by atoms with Crippen LogP contribution in [0.3, 0.4) is 0 Å². The van der Waals surface area contributed by atoms with Gasteiger partial charge < -0.3 is 5.73 Å². The zero-order valence-corrected chi connectivity index (χ0v) is 9.43. The molecule has 0 saturated carbocycles. The highest BCUT2D eigenvalue weighted by molar-refractivity contribution is 5.25. The van der Waals surface area contributed by atoms with Gasteiger partial charge in [-0.3, -0.25) is 0 Å². The van der Waals surface area contributed by atoms with E-state index in [4.69, 9.17) is 5.73 Å². The Morgan fingerprint density at radius 1 is 1.12 bits per heavy atom. The monoisotopic (exact) mass is 231 g/mol. The average molecular weight is 231 g/mol. The fourth-order valence-electron chi connectivity index (χ4n) is 1.40. The van der Waals surface area contributed by atoms with Crippen LogP contribution in [-0.2, 0) is 12.6 Å². The molecule has 4 heteroatoms.